The molecular formula is C11H11NO3. The van der Waals surface area contributed by atoms with E-state index >= 15 is 0 Å². The summed E-state index contributed by atoms with van der Waals surface area (Å²) in [6.07, 6.45) is 0.304. The molecule has 0 radical (unpaired) electrons. The molecule has 1 aromatic rings. The van der Waals surface area contributed by atoms with Gasteiger partial charge in [0.2, 0.25) is 5.91 Å². The third-order valence-corrected chi connectivity index (χ3v) is 2.87. The fourth-order valence-corrected chi connectivity index (χ4v) is 1.92. The highest BCUT2D eigenvalue weighted by molar-refractivity contribution is 6.03. The van der Waals surface area contributed by atoms with Gasteiger partial charge in [-0.1, -0.05) is 0 Å². The smallest absolute Gasteiger partial charge is 0.335 e. The number of benzene rings is 1. The Morgan fingerprint density at radius 2 is 2.13 bits per heavy atom. The number of carbonyl (C=O) groups is 2. The first-order chi connectivity index (χ1) is 7.02. The standard InChI is InChI=1S/C11H11NO3/c1-6-7(11(14)15)3-4-9-8(6)5-10(13)12(9)2/h3-4H,5H2,1-2H3,(H,14,15). The van der Waals surface area contributed by atoms with Crippen LogP contribution in [0.3, 0.4) is 0 Å². The van der Waals surface area contributed by atoms with E-state index in [0.29, 0.717) is 12.0 Å². The summed E-state index contributed by atoms with van der Waals surface area (Å²) < 4.78 is 0. The Hall–Kier alpha value is -1.84. The van der Waals surface area contributed by atoms with Gasteiger partial charge in [0.1, 0.15) is 0 Å². The molecule has 4 heteroatoms. The molecule has 0 fully saturated rings. The summed E-state index contributed by atoms with van der Waals surface area (Å²) in [5.74, 6) is -0.937. The molecular weight excluding hydrogens is 194 g/mol. The molecule has 0 aliphatic carbocycles. The Bertz CT molecular complexity index is 465. The van der Waals surface area contributed by atoms with Crippen LogP contribution in [0.4, 0.5) is 5.69 Å². The van der Waals surface area contributed by atoms with E-state index in [1.807, 2.05) is 0 Å². The van der Waals surface area contributed by atoms with E-state index in [-0.39, 0.29) is 11.5 Å². The van der Waals surface area contributed by atoms with E-state index in [1.54, 1.807) is 31.0 Å². The van der Waals surface area contributed by atoms with Crippen molar-refractivity contribution >= 4 is 17.6 Å². The monoisotopic (exact) mass is 205 g/mol. The van der Waals surface area contributed by atoms with Crippen LogP contribution in [0.5, 0.6) is 0 Å². The Labute approximate surface area is 87.1 Å². The molecule has 2 rings (SSSR count). The van der Waals surface area contributed by atoms with Gasteiger partial charge in [-0.25, -0.2) is 4.79 Å². The number of nitrogens with zero attached hydrogens (tertiary/aromatic N) is 1. The van der Waals surface area contributed by atoms with Gasteiger partial charge in [-0.3, -0.25) is 4.79 Å². The summed E-state index contributed by atoms with van der Waals surface area (Å²) in [5, 5.41) is 8.93. The predicted molar refractivity (Wildman–Crippen MR) is 55.3 cm³/mol. The van der Waals surface area contributed by atoms with Gasteiger partial charge in [0, 0.05) is 12.7 Å². The molecule has 1 aromatic carbocycles. The van der Waals surface area contributed by atoms with Crippen molar-refractivity contribution in [3.63, 3.8) is 0 Å². The van der Waals surface area contributed by atoms with Gasteiger partial charge < -0.3 is 10.0 Å². The SMILES string of the molecule is Cc1c(C(=O)O)ccc2c1CC(=O)N2C. The lowest BCUT2D eigenvalue weighted by atomic mass is 10.0. The van der Waals surface area contributed by atoms with E-state index in [2.05, 4.69) is 0 Å². The summed E-state index contributed by atoms with van der Waals surface area (Å²) in [6.45, 7) is 1.74. The molecule has 0 atom stereocenters. The van der Waals surface area contributed by atoms with Crippen molar-refractivity contribution in [2.75, 3.05) is 11.9 Å². The highest BCUT2D eigenvalue weighted by atomic mass is 16.4. The number of aromatic carboxylic acids is 1. The topological polar surface area (TPSA) is 57.6 Å². The van der Waals surface area contributed by atoms with Crippen LogP contribution in [-0.4, -0.2) is 24.0 Å². The molecule has 1 heterocycles. The van der Waals surface area contributed by atoms with Crippen molar-refractivity contribution in [1.29, 1.82) is 0 Å². The Morgan fingerprint density at radius 1 is 1.47 bits per heavy atom. The molecule has 1 N–H and O–H groups in total. The fourth-order valence-electron chi connectivity index (χ4n) is 1.92. The van der Waals surface area contributed by atoms with Gasteiger partial charge in [-0.15, -0.1) is 0 Å². The maximum atomic E-state index is 11.4. The zero-order valence-corrected chi connectivity index (χ0v) is 8.57. The van der Waals surface area contributed by atoms with Crippen molar-refractivity contribution in [2.24, 2.45) is 0 Å². The largest absolute Gasteiger partial charge is 0.478 e. The number of rotatable bonds is 1. The molecule has 0 unspecified atom stereocenters. The molecule has 4 nitrogen and oxygen atoms in total. The minimum atomic E-state index is -0.947. The van der Waals surface area contributed by atoms with Gasteiger partial charge in [0.05, 0.1) is 12.0 Å². The number of likely N-dealkylation sites (N-methyl/N-ethyl adjacent to an activating group) is 1. The first-order valence-corrected chi connectivity index (χ1v) is 4.64. The van der Waals surface area contributed by atoms with E-state index < -0.39 is 5.97 Å². The highest BCUT2D eigenvalue weighted by Crippen LogP contribution is 2.31. The number of carboxylic acid groups (broad SMARTS) is 1. The molecule has 1 aliphatic rings. The van der Waals surface area contributed by atoms with Gasteiger partial charge in [0.15, 0.2) is 0 Å². The number of carbonyl (C=O) groups excluding carboxylic acids is 1. The molecule has 0 spiro atoms. The maximum Gasteiger partial charge on any atom is 0.335 e. The minimum Gasteiger partial charge on any atom is -0.478 e. The third-order valence-electron chi connectivity index (χ3n) is 2.87. The van der Waals surface area contributed by atoms with Crippen LogP contribution in [0.25, 0.3) is 0 Å². The Balaban J connectivity index is 2.62. The Morgan fingerprint density at radius 3 is 2.73 bits per heavy atom. The predicted octanol–water partition coefficient (Wildman–Crippen LogP) is 1.21. The second kappa shape index (κ2) is 3.08. The summed E-state index contributed by atoms with van der Waals surface area (Å²) in [7, 11) is 1.70. The van der Waals surface area contributed by atoms with Crippen LogP contribution in [0.15, 0.2) is 12.1 Å². The molecule has 0 saturated heterocycles. The van der Waals surface area contributed by atoms with Crippen molar-refractivity contribution in [1.82, 2.24) is 0 Å². The zero-order chi connectivity index (χ0) is 11.2. The molecule has 0 aromatic heterocycles. The molecule has 1 amide bonds. The van der Waals surface area contributed by atoms with E-state index in [9.17, 15) is 9.59 Å². The van der Waals surface area contributed by atoms with Crippen molar-refractivity contribution in [3.05, 3.63) is 28.8 Å². The summed E-state index contributed by atoms with van der Waals surface area (Å²) in [5.41, 5.74) is 2.62. The van der Waals surface area contributed by atoms with Crippen LogP contribution in [-0.2, 0) is 11.2 Å². The third kappa shape index (κ3) is 1.29. The number of hydrogen-bond donors (Lipinski definition) is 1. The normalized spacial score (nSPS) is 14.3. The van der Waals surface area contributed by atoms with Gasteiger partial charge in [-0.05, 0) is 30.2 Å². The lowest BCUT2D eigenvalue weighted by molar-refractivity contribution is -0.117. The van der Waals surface area contributed by atoms with Gasteiger partial charge >= 0.3 is 5.97 Å². The highest BCUT2D eigenvalue weighted by Gasteiger charge is 2.27. The lowest BCUT2D eigenvalue weighted by Gasteiger charge is -2.11. The van der Waals surface area contributed by atoms with Crippen molar-refractivity contribution in [3.8, 4) is 0 Å². The number of hydrogen-bond acceptors (Lipinski definition) is 2. The molecule has 1 aliphatic heterocycles. The number of fused-ring (bicyclic) bond motifs is 1. The second-order valence-electron chi connectivity index (χ2n) is 3.67. The first-order valence-electron chi connectivity index (χ1n) is 4.64. The minimum absolute atomic E-state index is 0.00985. The number of anilines is 1. The average Bonchev–Trinajstić information content (AvgIpc) is 2.45. The quantitative estimate of drug-likeness (QED) is 0.749. The van der Waals surface area contributed by atoms with Gasteiger partial charge in [0.25, 0.3) is 0 Å². The zero-order valence-electron chi connectivity index (χ0n) is 8.57. The van der Waals surface area contributed by atoms with Gasteiger partial charge in [-0.2, -0.15) is 0 Å². The maximum absolute atomic E-state index is 11.4. The number of carboxylic acids is 1. The first kappa shape index (κ1) is 9.71. The summed E-state index contributed by atoms with van der Waals surface area (Å²) >= 11 is 0. The molecule has 0 bridgehead atoms. The molecule has 78 valence electrons. The van der Waals surface area contributed by atoms with Crippen LogP contribution in [0.2, 0.25) is 0 Å². The summed E-state index contributed by atoms with van der Waals surface area (Å²) in [6, 6.07) is 3.24. The van der Waals surface area contributed by atoms with Crippen LogP contribution < -0.4 is 4.90 Å². The molecule has 0 saturated carbocycles. The van der Waals surface area contributed by atoms with Crippen molar-refractivity contribution < 1.29 is 14.7 Å². The molecule has 15 heavy (non-hydrogen) atoms. The Kier molecular flexibility index (Phi) is 2.00. The van der Waals surface area contributed by atoms with E-state index in [4.69, 9.17) is 5.11 Å². The summed E-state index contributed by atoms with van der Waals surface area (Å²) in [4.78, 5) is 23.9. The lowest BCUT2D eigenvalue weighted by Crippen LogP contribution is -2.20. The number of amides is 1. The van der Waals surface area contributed by atoms with Crippen LogP contribution in [0.1, 0.15) is 21.5 Å². The van der Waals surface area contributed by atoms with E-state index in [0.717, 1.165) is 11.3 Å². The van der Waals surface area contributed by atoms with E-state index in [1.165, 1.54) is 0 Å². The van der Waals surface area contributed by atoms with Crippen LogP contribution >= 0.6 is 0 Å². The second-order valence-corrected chi connectivity index (χ2v) is 3.67. The van der Waals surface area contributed by atoms with Crippen molar-refractivity contribution in [2.45, 2.75) is 13.3 Å². The van der Waals surface area contributed by atoms with Crippen LogP contribution in [0, 0.1) is 6.92 Å². The fraction of sp³-hybridized carbons (Fsp3) is 0.273. The average molecular weight is 205 g/mol.